The molecule has 26 heavy (non-hydrogen) atoms. The Kier molecular flexibility index (Phi) is 4.31. The largest absolute Gasteiger partial charge is 0.444 e. The molecule has 7 nitrogen and oxygen atoms in total. The molecule has 8 heteroatoms. The summed E-state index contributed by atoms with van der Waals surface area (Å²) in [4.78, 5) is 19.0. The first kappa shape index (κ1) is 17.5. The molecular formula is C18H23ClN4O3. The number of hydrogen-bond donors (Lipinski definition) is 0. The first-order valence-corrected chi connectivity index (χ1v) is 9.33. The molecule has 0 N–H and O–H groups in total. The second-order valence-electron chi connectivity index (χ2n) is 7.88. The highest BCUT2D eigenvalue weighted by atomic mass is 35.5. The summed E-state index contributed by atoms with van der Waals surface area (Å²) >= 11 is 6.40. The van der Waals surface area contributed by atoms with Gasteiger partial charge in [0.15, 0.2) is 5.65 Å². The number of amides is 1. The van der Waals surface area contributed by atoms with Crippen LogP contribution in [0.4, 0.5) is 4.79 Å². The van der Waals surface area contributed by atoms with Crippen LogP contribution in [0.1, 0.15) is 57.0 Å². The number of morpholine rings is 1. The van der Waals surface area contributed by atoms with Gasteiger partial charge < -0.3 is 9.47 Å². The molecule has 2 aliphatic rings. The lowest BCUT2D eigenvalue weighted by atomic mass is 10.1. The lowest BCUT2D eigenvalue weighted by Gasteiger charge is -2.35. The number of carbonyl (C=O) groups excluding carboxylic acids is 1. The van der Waals surface area contributed by atoms with E-state index in [4.69, 9.17) is 21.1 Å². The second-order valence-corrected chi connectivity index (χ2v) is 8.27. The molecule has 1 saturated heterocycles. The molecule has 4 rings (SSSR count). The molecule has 1 aliphatic heterocycles. The van der Waals surface area contributed by atoms with Gasteiger partial charge in [-0.05, 0) is 39.7 Å². The summed E-state index contributed by atoms with van der Waals surface area (Å²) in [6.07, 6.45) is 1.95. The van der Waals surface area contributed by atoms with Gasteiger partial charge >= 0.3 is 6.09 Å². The first-order chi connectivity index (χ1) is 12.3. The van der Waals surface area contributed by atoms with E-state index >= 15 is 0 Å². The van der Waals surface area contributed by atoms with Gasteiger partial charge in [0.2, 0.25) is 0 Å². The molecule has 1 amide bonds. The zero-order valence-electron chi connectivity index (χ0n) is 15.2. The van der Waals surface area contributed by atoms with Gasteiger partial charge in [-0.2, -0.15) is 5.10 Å². The SMILES string of the molecule is CC(C)(C)OC(=O)N1CCOC[C@H]1c1cc2nc(C3CC3)cc(Cl)n2n1. The van der Waals surface area contributed by atoms with E-state index in [0.717, 1.165) is 18.5 Å². The van der Waals surface area contributed by atoms with E-state index in [2.05, 4.69) is 10.1 Å². The summed E-state index contributed by atoms with van der Waals surface area (Å²) in [7, 11) is 0. The number of hydrogen-bond acceptors (Lipinski definition) is 5. The zero-order chi connectivity index (χ0) is 18.5. The Morgan fingerprint density at radius 2 is 2.08 bits per heavy atom. The average Bonchev–Trinajstić information content (AvgIpc) is 3.32. The first-order valence-electron chi connectivity index (χ1n) is 8.95. The number of halogens is 1. The summed E-state index contributed by atoms with van der Waals surface area (Å²) in [5, 5.41) is 5.11. The fourth-order valence-corrected chi connectivity index (χ4v) is 3.35. The quantitative estimate of drug-likeness (QED) is 0.747. The van der Waals surface area contributed by atoms with Gasteiger partial charge in [0, 0.05) is 24.2 Å². The van der Waals surface area contributed by atoms with E-state index < -0.39 is 5.60 Å². The van der Waals surface area contributed by atoms with E-state index in [1.54, 1.807) is 9.42 Å². The zero-order valence-corrected chi connectivity index (χ0v) is 16.0. The maximum absolute atomic E-state index is 12.6. The molecular weight excluding hydrogens is 356 g/mol. The van der Waals surface area contributed by atoms with Gasteiger partial charge in [-0.15, -0.1) is 0 Å². The molecule has 0 spiro atoms. The van der Waals surface area contributed by atoms with Gasteiger partial charge in [0.1, 0.15) is 16.8 Å². The Morgan fingerprint density at radius 1 is 1.31 bits per heavy atom. The van der Waals surface area contributed by atoms with Crippen LogP contribution in [0.5, 0.6) is 0 Å². The fourth-order valence-electron chi connectivity index (χ4n) is 3.11. The molecule has 2 aromatic rings. The normalized spacial score (nSPS) is 21.2. The molecule has 2 fully saturated rings. The van der Waals surface area contributed by atoms with Crippen molar-refractivity contribution in [1.82, 2.24) is 19.5 Å². The minimum Gasteiger partial charge on any atom is -0.444 e. The third-order valence-corrected chi connectivity index (χ3v) is 4.79. The van der Waals surface area contributed by atoms with E-state index in [9.17, 15) is 4.79 Å². The topological polar surface area (TPSA) is 69.0 Å². The van der Waals surface area contributed by atoms with Crippen LogP contribution in [-0.4, -0.2) is 51.0 Å². The summed E-state index contributed by atoms with van der Waals surface area (Å²) in [6, 6.07) is 3.45. The maximum atomic E-state index is 12.6. The molecule has 0 unspecified atom stereocenters. The van der Waals surface area contributed by atoms with Gasteiger partial charge in [-0.25, -0.2) is 14.3 Å². The van der Waals surface area contributed by atoms with Crippen LogP contribution in [0.2, 0.25) is 5.15 Å². The monoisotopic (exact) mass is 378 g/mol. The van der Waals surface area contributed by atoms with Gasteiger partial charge in [-0.1, -0.05) is 11.6 Å². The predicted octanol–water partition coefficient (Wildman–Crippen LogP) is 3.57. The Bertz CT molecular complexity index is 841. The summed E-state index contributed by atoms with van der Waals surface area (Å²) in [5.41, 5.74) is 1.86. The van der Waals surface area contributed by atoms with Crippen LogP contribution in [0.3, 0.4) is 0 Å². The third-order valence-electron chi connectivity index (χ3n) is 4.52. The Morgan fingerprint density at radius 3 is 2.77 bits per heavy atom. The number of fused-ring (bicyclic) bond motifs is 1. The Labute approximate surface area is 157 Å². The smallest absolute Gasteiger partial charge is 0.411 e. The molecule has 0 radical (unpaired) electrons. The fraction of sp³-hybridized carbons (Fsp3) is 0.611. The van der Waals surface area contributed by atoms with E-state index in [1.165, 1.54) is 0 Å². The van der Waals surface area contributed by atoms with Crippen LogP contribution in [0.15, 0.2) is 12.1 Å². The predicted molar refractivity (Wildman–Crippen MR) is 96.5 cm³/mol. The molecule has 3 heterocycles. The molecule has 140 valence electrons. The lowest BCUT2D eigenvalue weighted by molar-refractivity contribution is -0.0341. The Balaban J connectivity index is 1.65. The minimum absolute atomic E-state index is 0.319. The summed E-state index contributed by atoms with van der Waals surface area (Å²) in [5.74, 6) is 0.507. The van der Waals surface area contributed by atoms with Crippen molar-refractivity contribution >= 4 is 23.3 Å². The van der Waals surface area contributed by atoms with Gasteiger partial charge in [-0.3, -0.25) is 4.90 Å². The molecule has 1 aliphatic carbocycles. The van der Waals surface area contributed by atoms with Gasteiger partial charge in [0.05, 0.1) is 18.9 Å². The second kappa shape index (κ2) is 6.39. The molecule has 0 bridgehead atoms. The van der Waals surface area contributed by atoms with Crippen molar-refractivity contribution < 1.29 is 14.3 Å². The highest BCUT2D eigenvalue weighted by Gasteiger charge is 2.34. The van der Waals surface area contributed by atoms with Crippen molar-refractivity contribution in [3.63, 3.8) is 0 Å². The minimum atomic E-state index is -0.553. The van der Waals surface area contributed by atoms with E-state index in [-0.39, 0.29) is 12.1 Å². The highest BCUT2D eigenvalue weighted by molar-refractivity contribution is 6.29. The summed E-state index contributed by atoms with van der Waals surface area (Å²) in [6.45, 7) is 6.88. The lowest BCUT2D eigenvalue weighted by Crippen LogP contribution is -2.45. The van der Waals surface area contributed by atoms with Crippen molar-refractivity contribution in [3.05, 3.63) is 28.7 Å². The number of carbonyl (C=O) groups is 1. The maximum Gasteiger partial charge on any atom is 0.411 e. The van der Waals surface area contributed by atoms with Crippen LogP contribution < -0.4 is 0 Å². The third kappa shape index (κ3) is 3.50. The number of nitrogens with zero attached hydrogens (tertiary/aromatic N) is 4. The molecule has 1 atom stereocenters. The summed E-state index contributed by atoms with van der Waals surface area (Å²) < 4.78 is 12.7. The van der Waals surface area contributed by atoms with Crippen molar-refractivity contribution in [1.29, 1.82) is 0 Å². The standard InChI is InChI=1S/C18H23ClN4O3/c1-18(2,3)26-17(24)22-6-7-25-10-14(22)13-9-16-20-12(11-4-5-11)8-15(19)23(16)21-13/h8-9,11,14H,4-7,10H2,1-3H3/t14-/m0/s1. The van der Waals surface area contributed by atoms with Gasteiger partial charge in [0.25, 0.3) is 0 Å². The van der Waals surface area contributed by atoms with E-state index in [1.807, 2.05) is 32.9 Å². The van der Waals surface area contributed by atoms with Crippen molar-refractivity contribution in [2.45, 2.75) is 51.2 Å². The average molecular weight is 379 g/mol. The van der Waals surface area contributed by atoms with Crippen LogP contribution in [0, 0.1) is 0 Å². The van der Waals surface area contributed by atoms with Crippen molar-refractivity contribution in [2.75, 3.05) is 19.8 Å². The van der Waals surface area contributed by atoms with Crippen molar-refractivity contribution in [2.24, 2.45) is 0 Å². The highest BCUT2D eigenvalue weighted by Crippen LogP contribution is 2.40. The molecule has 0 aromatic carbocycles. The number of aromatic nitrogens is 3. The number of rotatable bonds is 2. The molecule has 2 aromatic heterocycles. The van der Waals surface area contributed by atoms with E-state index in [0.29, 0.717) is 42.2 Å². The van der Waals surface area contributed by atoms with Crippen LogP contribution in [0.25, 0.3) is 5.65 Å². The van der Waals surface area contributed by atoms with Crippen molar-refractivity contribution in [3.8, 4) is 0 Å². The Hall–Kier alpha value is -1.86. The van der Waals surface area contributed by atoms with Crippen LogP contribution in [-0.2, 0) is 9.47 Å². The molecule has 1 saturated carbocycles. The van der Waals surface area contributed by atoms with Crippen LogP contribution >= 0.6 is 11.6 Å². The number of ether oxygens (including phenoxy) is 2.